The van der Waals surface area contributed by atoms with Crippen LogP contribution in [0, 0.1) is 0 Å². The van der Waals surface area contributed by atoms with Crippen LogP contribution in [0.5, 0.6) is 0 Å². The molecule has 142 valence electrons. The Morgan fingerprint density at radius 3 is 2.70 bits per heavy atom. The number of pyridine rings is 1. The molecular weight excluding hydrogens is 358 g/mol. The highest BCUT2D eigenvalue weighted by Crippen LogP contribution is 2.22. The Labute approximate surface area is 164 Å². The Bertz CT molecular complexity index is 920. The van der Waals surface area contributed by atoms with E-state index in [9.17, 15) is 4.79 Å². The van der Waals surface area contributed by atoms with E-state index in [1.54, 1.807) is 18.3 Å². The van der Waals surface area contributed by atoms with E-state index in [2.05, 4.69) is 38.6 Å². The Morgan fingerprint density at radius 2 is 1.96 bits per heavy atom. The van der Waals surface area contributed by atoms with E-state index in [0.717, 1.165) is 37.2 Å². The predicted molar refractivity (Wildman–Crippen MR) is 111 cm³/mol. The van der Waals surface area contributed by atoms with Crippen molar-refractivity contribution >= 4 is 34.7 Å². The minimum Gasteiger partial charge on any atom is -0.309 e. The lowest BCUT2D eigenvalue weighted by atomic mass is 10.3. The first kappa shape index (κ1) is 19.4. The third-order valence-corrected chi connectivity index (χ3v) is 5.34. The first-order chi connectivity index (χ1) is 13.2. The van der Waals surface area contributed by atoms with Crippen molar-refractivity contribution in [2.24, 2.45) is 0 Å². The second-order valence-corrected chi connectivity index (χ2v) is 6.91. The number of para-hydroxylation sites is 2. The molecule has 2 aromatic heterocycles. The van der Waals surface area contributed by atoms with Crippen molar-refractivity contribution in [1.29, 1.82) is 0 Å². The number of hydrogen-bond acceptors (Lipinski definition) is 5. The number of carbonyl (C=O) groups is 1. The summed E-state index contributed by atoms with van der Waals surface area (Å²) in [4.78, 5) is 24.1. The number of thioether (sulfide) groups is 1. The number of likely N-dealkylation sites (N-methyl/N-ethyl adjacent to an activating group) is 1. The molecule has 3 aromatic rings. The normalized spacial score (nSPS) is 11.3. The fourth-order valence-electron chi connectivity index (χ4n) is 3.07. The van der Waals surface area contributed by atoms with Gasteiger partial charge in [0, 0.05) is 19.3 Å². The van der Waals surface area contributed by atoms with E-state index in [0.29, 0.717) is 16.5 Å². The molecule has 0 radical (unpaired) electrons. The highest BCUT2D eigenvalue weighted by molar-refractivity contribution is 7.98. The number of hydrogen-bond donors (Lipinski definition) is 1. The van der Waals surface area contributed by atoms with Gasteiger partial charge in [-0.15, -0.1) is 11.8 Å². The van der Waals surface area contributed by atoms with Gasteiger partial charge in [-0.3, -0.25) is 10.1 Å². The summed E-state index contributed by atoms with van der Waals surface area (Å²) in [6, 6.07) is 11.5. The lowest BCUT2D eigenvalue weighted by molar-refractivity contribution is 0.102. The summed E-state index contributed by atoms with van der Waals surface area (Å²) in [5.41, 5.74) is 2.47. The maximum absolute atomic E-state index is 12.8. The third kappa shape index (κ3) is 4.31. The van der Waals surface area contributed by atoms with E-state index in [1.807, 2.05) is 30.5 Å². The number of aromatic nitrogens is 3. The van der Waals surface area contributed by atoms with Crippen LogP contribution in [-0.4, -0.2) is 51.2 Å². The second kappa shape index (κ2) is 9.01. The molecule has 0 bridgehead atoms. The van der Waals surface area contributed by atoms with Gasteiger partial charge in [0.1, 0.15) is 5.03 Å². The molecule has 6 nitrogen and oxygen atoms in total. The molecule has 1 amide bonds. The minimum absolute atomic E-state index is 0.188. The van der Waals surface area contributed by atoms with Gasteiger partial charge >= 0.3 is 0 Å². The van der Waals surface area contributed by atoms with Gasteiger partial charge in [0.2, 0.25) is 5.95 Å². The molecule has 1 aromatic carbocycles. The third-order valence-electron chi connectivity index (χ3n) is 4.62. The standard InChI is InChI=1S/C20H25N5OS/c1-4-24(5-2)13-14-25-17-11-7-6-10-16(17)22-20(25)23-18(26)15-9-8-12-21-19(15)27-3/h6-12H,4-5,13-14H2,1-3H3,(H,22,23,26). The van der Waals surface area contributed by atoms with Gasteiger partial charge in [0.05, 0.1) is 16.6 Å². The number of nitrogens with zero attached hydrogens (tertiary/aromatic N) is 4. The van der Waals surface area contributed by atoms with Crippen LogP contribution in [0.25, 0.3) is 11.0 Å². The molecule has 0 saturated heterocycles. The van der Waals surface area contributed by atoms with E-state index in [1.165, 1.54) is 11.8 Å². The number of anilines is 1. The van der Waals surface area contributed by atoms with E-state index in [4.69, 9.17) is 0 Å². The van der Waals surface area contributed by atoms with Gasteiger partial charge < -0.3 is 9.47 Å². The van der Waals surface area contributed by atoms with E-state index < -0.39 is 0 Å². The number of carbonyl (C=O) groups excluding carboxylic acids is 1. The van der Waals surface area contributed by atoms with Gasteiger partial charge in [0.25, 0.3) is 5.91 Å². The molecule has 0 spiro atoms. The van der Waals surface area contributed by atoms with Crippen molar-refractivity contribution < 1.29 is 4.79 Å². The zero-order valence-corrected chi connectivity index (χ0v) is 16.8. The Morgan fingerprint density at radius 1 is 1.19 bits per heavy atom. The lowest BCUT2D eigenvalue weighted by Gasteiger charge is -2.19. The van der Waals surface area contributed by atoms with Crippen molar-refractivity contribution in [1.82, 2.24) is 19.4 Å². The number of rotatable bonds is 8. The highest BCUT2D eigenvalue weighted by Gasteiger charge is 2.17. The van der Waals surface area contributed by atoms with Crippen molar-refractivity contribution in [2.75, 3.05) is 31.2 Å². The van der Waals surface area contributed by atoms with Crippen LogP contribution >= 0.6 is 11.8 Å². The fourth-order valence-corrected chi connectivity index (χ4v) is 3.62. The van der Waals surface area contributed by atoms with Crippen LogP contribution in [0.15, 0.2) is 47.6 Å². The molecule has 0 unspecified atom stereocenters. The topological polar surface area (TPSA) is 63.0 Å². The molecule has 27 heavy (non-hydrogen) atoms. The Kier molecular flexibility index (Phi) is 6.47. The van der Waals surface area contributed by atoms with Crippen molar-refractivity contribution in [2.45, 2.75) is 25.4 Å². The number of benzene rings is 1. The van der Waals surface area contributed by atoms with Crippen LogP contribution < -0.4 is 5.32 Å². The van der Waals surface area contributed by atoms with Gasteiger partial charge in [0.15, 0.2) is 0 Å². The Hall–Kier alpha value is -2.38. The van der Waals surface area contributed by atoms with Crippen LogP contribution in [-0.2, 0) is 6.54 Å². The molecule has 0 aliphatic rings. The zero-order valence-electron chi connectivity index (χ0n) is 16.0. The van der Waals surface area contributed by atoms with E-state index >= 15 is 0 Å². The smallest absolute Gasteiger partial charge is 0.260 e. The monoisotopic (exact) mass is 383 g/mol. The lowest BCUT2D eigenvalue weighted by Crippen LogP contribution is -2.27. The first-order valence-electron chi connectivity index (χ1n) is 9.15. The maximum Gasteiger partial charge on any atom is 0.260 e. The second-order valence-electron chi connectivity index (χ2n) is 6.12. The molecule has 7 heteroatoms. The number of imidazole rings is 1. The Balaban J connectivity index is 1.91. The summed E-state index contributed by atoms with van der Waals surface area (Å²) in [5, 5.41) is 3.70. The molecule has 0 fully saturated rings. The summed E-state index contributed by atoms with van der Waals surface area (Å²) >= 11 is 1.46. The quantitative estimate of drug-likeness (QED) is 0.600. The average molecular weight is 384 g/mol. The molecule has 0 atom stereocenters. The van der Waals surface area contributed by atoms with Gasteiger partial charge in [-0.25, -0.2) is 9.97 Å². The molecule has 2 heterocycles. The molecule has 1 N–H and O–H groups in total. The molecule has 3 rings (SSSR count). The summed E-state index contributed by atoms with van der Waals surface area (Å²) in [7, 11) is 0. The van der Waals surface area contributed by atoms with Gasteiger partial charge in [-0.1, -0.05) is 26.0 Å². The fraction of sp³-hybridized carbons (Fsp3) is 0.350. The minimum atomic E-state index is -0.188. The van der Waals surface area contributed by atoms with Crippen LogP contribution in [0.1, 0.15) is 24.2 Å². The molecular formula is C20H25N5OS. The summed E-state index contributed by atoms with van der Waals surface area (Å²) in [6.45, 7) is 7.98. The number of amides is 1. The predicted octanol–water partition coefficient (Wildman–Crippen LogP) is 3.75. The summed E-state index contributed by atoms with van der Waals surface area (Å²) < 4.78 is 2.08. The van der Waals surface area contributed by atoms with E-state index in [-0.39, 0.29) is 5.91 Å². The summed E-state index contributed by atoms with van der Waals surface area (Å²) in [6.07, 6.45) is 3.61. The first-order valence-corrected chi connectivity index (χ1v) is 10.4. The average Bonchev–Trinajstić information content (AvgIpc) is 3.05. The summed E-state index contributed by atoms with van der Waals surface area (Å²) in [5.74, 6) is 0.385. The van der Waals surface area contributed by atoms with Gasteiger partial charge in [-0.05, 0) is 43.6 Å². The largest absolute Gasteiger partial charge is 0.309 e. The van der Waals surface area contributed by atoms with Gasteiger partial charge in [-0.2, -0.15) is 0 Å². The maximum atomic E-state index is 12.8. The van der Waals surface area contributed by atoms with Crippen LogP contribution in [0.4, 0.5) is 5.95 Å². The van der Waals surface area contributed by atoms with Crippen LogP contribution in [0.3, 0.4) is 0 Å². The van der Waals surface area contributed by atoms with Crippen LogP contribution in [0.2, 0.25) is 0 Å². The highest BCUT2D eigenvalue weighted by atomic mass is 32.2. The molecule has 0 aliphatic heterocycles. The number of fused-ring (bicyclic) bond motifs is 1. The van der Waals surface area contributed by atoms with Crippen molar-refractivity contribution in [3.05, 3.63) is 48.2 Å². The zero-order chi connectivity index (χ0) is 19.2. The van der Waals surface area contributed by atoms with Crippen molar-refractivity contribution in [3.63, 3.8) is 0 Å². The van der Waals surface area contributed by atoms with Crippen molar-refractivity contribution in [3.8, 4) is 0 Å². The number of nitrogens with one attached hydrogen (secondary N) is 1. The molecule has 0 saturated carbocycles. The SMILES string of the molecule is CCN(CC)CCn1c(NC(=O)c2cccnc2SC)nc2ccccc21. The molecule has 0 aliphatic carbocycles.